The number of hydrogen-bond donors (Lipinski definition) is 1. The van der Waals surface area contributed by atoms with Crippen LogP contribution in [0.5, 0.6) is 11.5 Å². The number of nitrogens with one attached hydrogen (secondary N) is 1. The van der Waals surface area contributed by atoms with Gasteiger partial charge in [-0.3, -0.25) is 9.59 Å². The molecule has 2 amide bonds. The second-order valence-electron chi connectivity index (χ2n) is 8.12. The predicted molar refractivity (Wildman–Crippen MR) is 139 cm³/mol. The molecule has 2 rings (SSSR count). The van der Waals surface area contributed by atoms with E-state index in [4.69, 9.17) is 9.47 Å². The molecule has 0 heterocycles. The van der Waals surface area contributed by atoms with Gasteiger partial charge in [0.1, 0.15) is 6.04 Å². The number of carbonyl (C=O) groups excluding carboxylic acids is 2. The van der Waals surface area contributed by atoms with E-state index >= 15 is 0 Å². The van der Waals surface area contributed by atoms with E-state index in [1.165, 1.54) is 0 Å². The fourth-order valence-electron chi connectivity index (χ4n) is 3.60. The first-order valence-electron chi connectivity index (χ1n) is 12.1. The van der Waals surface area contributed by atoms with Gasteiger partial charge in [-0.1, -0.05) is 47.5 Å². The first kappa shape index (κ1) is 27.7. The average molecular weight is 534 g/mol. The number of ether oxygens (including phenoxy) is 2. The maximum Gasteiger partial charge on any atom is 0.242 e. The van der Waals surface area contributed by atoms with Gasteiger partial charge in [0.05, 0.1) is 13.2 Å². The van der Waals surface area contributed by atoms with Crippen LogP contribution in [0.25, 0.3) is 0 Å². The molecule has 0 fully saturated rings. The molecule has 2 aromatic rings. The van der Waals surface area contributed by atoms with Gasteiger partial charge >= 0.3 is 0 Å². The van der Waals surface area contributed by atoms with E-state index in [1.54, 1.807) is 11.8 Å². The molecule has 186 valence electrons. The van der Waals surface area contributed by atoms with Crippen LogP contribution in [0.1, 0.15) is 58.1 Å². The smallest absolute Gasteiger partial charge is 0.242 e. The maximum absolute atomic E-state index is 13.3. The molecule has 0 aromatic heterocycles. The monoisotopic (exact) mass is 532 g/mol. The Morgan fingerprint density at radius 3 is 2.41 bits per heavy atom. The Hall–Kier alpha value is -2.54. The van der Waals surface area contributed by atoms with Crippen LogP contribution in [0.2, 0.25) is 0 Å². The van der Waals surface area contributed by atoms with Crippen molar-refractivity contribution >= 4 is 27.7 Å². The van der Waals surface area contributed by atoms with Crippen LogP contribution in [0.3, 0.4) is 0 Å². The summed E-state index contributed by atoms with van der Waals surface area (Å²) in [5.74, 6) is 1.19. The van der Waals surface area contributed by atoms with Gasteiger partial charge in [0.15, 0.2) is 11.5 Å². The lowest BCUT2D eigenvalue weighted by molar-refractivity contribution is -0.140. The number of nitrogens with zero attached hydrogens (tertiary/aromatic N) is 1. The van der Waals surface area contributed by atoms with Crippen molar-refractivity contribution in [2.24, 2.45) is 0 Å². The van der Waals surface area contributed by atoms with Gasteiger partial charge in [-0.05, 0) is 69.0 Å². The van der Waals surface area contributed by atoms with E-state index in [-0.39, 0.29) is 11.8 Å². The molecule has 0 aliphatic rings. The van der Waals surface area contributed by atoms with E-state index < -0.39 is 6.04 Å². The summed E-state index contributed by atoms with van der Waals surface area (Å²) in [4.78, 5) is 27.8. The van der Waals surface area contributed by atoms with Gasteiger partial charge in [-0.25, -0.2) is 0 Å². The van der Waals surface area contributed by atoms with Crippen molar-refractivity contribution in [3.05, 3.63) is 58.1 Å². The minimum absolute atomic E-state index is 0.0649. The van der Waals surface area contributed by atoms with Crippen LogP contribution in [0, 0.1) is 0 Å². The molecule has 7 heteroatoms. The minimum atomic E-state index is -0.567. The van der Waals surface area contributed by atoms with Gasteiger partial charge in [0.2, 0.25) is 11.8 Å². The van der Waals surface area contributed by atoms with Crippen LogP contribution < -0.4 is 14.8 Å². The van der Waals surface area contributed by atoms with Crippen molar-refractivity contribution in [3.63, 3.8) is 0 Å². The van der Waals surface area contributed by atoms with E-state index in [2.05, 4.69) is 28.2 Å². The number of aryl methyl sites for hydroxylation is 1. The summed E-state index contributed by atoms with van der Waals surface area (Å²) in [5.41, 5.74) is 1.96. The number of rotatable bonds is 14. The van der Waals surface area contributed by atoms with Crippen LogP contribution in [0.4, 0.5) is 0 Å². The Morgan fingerprint density at radius 1 is 1.00 bits per heavy atom. The Balaban J connectivity index is 2.15. The van der Waals surface area contributed by atoms with Gasteiger partial charge in [0.25, 0.3) is 0 Å². The standard InChI is InChI=1S/C27H37BrN2O4/c1-5-8-16-29-27(32)20(4)30(19-22-10-9-11-23(28)17-22)26(31)15-13-21-12-14-24(33-6-2)25(18-21)34-7-3/h9-12,14,17-18,20H,5-8,13,15-16,19H2,1-4H3,(H,29,32)/t20-/m1/s1. The third-order valence-corrected chi connectivity index (χ3v) is 5.97. The normalized spacial score (nSPS) is 11.6. The van der Waals surface area contributed by atoms with Crippen LogP contribution >= 0.6 is 15.9 Å². The van der Waals surface area contributed by atoms with Crippen LogP contribution in [-0.2, 0) is 22.6 Å². The highest BCUT2D eigenvalue weighted by molar-refractivity contribution is 9.10. The van der Waals surface area contributed by atoms with Crippen molar-refractivity contribution in [3.8, 4) is 11.5 Å². The Labute approximate surface area is 212 Å². The molecule has 1 atom stereocenters. The van der Waals surface area contributed by atoms with E-state index in [9.17, 15) is 9.59 Å². The lowest BCUT2D eigenvalue weighted by atomic mass is 10.1. The quantitative estimate of drug-likeness (QED) is 0.325. The Morgan fingerprint density at radius 2 is 1.74 bits per heavy atom. The summed E-state index contributed by atoms with van der Waals surface area (Å²) in [6.07, 6.45) is 2.75. The largest absolute Gasteiger partial charge is 0.490 e. The molecule has 1 N–H and O–H groups in total. The maximum atomic E-state index is 13.3. The molecular formula is C27H37BrN2O4. The zero-order chi connectivity index (χ0) is 24.9. The fourth-order valence-corrected chi connectivity index (χ4v) is 4.04. The summed E-state index contributed by atoms with van der Waals surface area (Å²) in [5, 5.41) is 2.96. The number of carbonyl (C=O) groups is 2. The highest BCUT2D eigenvalue weighted by Crippen LogP contribution is 2.29. The zero-order valence-corrected chi connectivity index (χ0v) is 22.3. The summed E-state index contributed by atoms with van der Waals surface area (Å²) in [7, 11) is 0. The van der Waals surface area contributed by atoms with Gasteiger partial charge in [0, 0.05) is 24.0 Å². The van der Waals surface area contributed by atoms with Crippen LogP contribution in [-0.4, -0.2) is 42.5 Å². The first-order chi connectivity index (χ1) is 16.4. The van der Waals surface area contributed by atoms with Crippen molar-refractivity contribution < 1.29 is 19.1 Å². The predicted octanol–water partition coefficient (Wildman–Crippen LogP) is 5.51. The lowest BCUT2D eigenvalue weighted by Crippen LogP contribution is -2.47. The second-order valence-corrected chi connectivity index (χ2v) is 9.03. The van der Waals surface area contributed by atoms with Crippen molar-refractivity contribution in [2.45, 2.75) is 66.0 Å². The Kier molecular flexibility index (Phi) is 11.9. The minimum Gasteiger partial charge on any atom is -0.490 e. The average Bonchev–Trinajstić information content (AvgIpc) is 2.82. The SMILES string of the molecule is CCCCNC(=O)[C@@H](C)N(Cc1cccc(Br)c1)C(=O)CCc1ccc(OCC)c(OCC)c1. The molecule has 0 saturated heterocycles. The zero-order valence-electron chi connectivity index (χ0n) is 20.7. The number of amides is 2. The molecule has 34 heavy (non-hydrogen) atoms. The molecule has 2 aromatic carbocycles. The van der Waals surface area contributed by atoms with E-state index in [0.29, 0.717) is 50.6 Å². The van der Waals surface area contributed by atoms with Crippen molar-refractivity contribution in [1.29, 1.82) is 0 Å². The molecular weight excluding hydrogens is 496 g/mol. The third-order valence-electron chi connectivity index (χ3n) is 5.47. The molecule has 0 spiro atoms. The highest BCUT2D eigenvalue weighted by atomic mass is 79.9. The molecule has 0 unspecified atom stereocenters. The summed E-state index contributed by atoms with van der Waals surface area (Å²) < 4.78 is 12.3. The molecule has 0 aliphatic heterocycles. The molecule has 0 radical (unpaired) electrons. The molecule has 0 aliphatic carbocycles. The number of halogens is 1. The topological polar surface area (TPSA) is 67.9 Å². The van der Waals surface area contributed by atoms with Gasteiger partial charge < -0.3 is 19.7 Å². The van der Waals surface area contributed by atoms with Crippen LogP contribution in [0.15, 0.2) is 46.9 Å². The molecule has 0 saturated carbocycles. The van der Waals surface area contributed by atoms with E-state index in [1.807, 2.05) is 56.3 Å². The van der Waals surface area contributed by atoms with Crippen molar-refractivity contribution in [2.75, 3.05) is 19.8 Å². The van der Waals surface area contributed by atoms with E-state index in [0.717, 1.165) is 28.4 Å². The van der Waals surface area contributed by atoms with Crippen molar-refractivity contribution in [1.82, 2.24) is 10.2 Å². The highest BCUT2D eigenvalue weighted by Gasteiger charge is 2.26. The molecule has 0 bridgehead atoms. The molecule has 6 nitrogen and oxygen atoms in total. The number of benzene rings is 2. The number of hydrogen-bond acceptors (Lipinski definition) is 4. The number of unbranched alkanes of at least 4 members (excludes halogenated alkanes) is 1. The fraction of sp³-hybridized carbons (Fsp3) is 0.481. The van der Waals surface area contributed by atoms with Gasteiger partial charge in [-0.2, -0.15) is 0 Å². The summed E-state index contributed by atoms with van der Waals surface area (Å²) in [6, 6.07) is 13.0. The lowest BCUT2D eigenvalue weighted by Gasteiger charge is -2.29. The first-order valence-corrected chi connectivity index (χ1v) is 12.9. The third kappa shape index (κ3) is 8.67. The van der Waals surface area contributed by atoms with Gasteiger partial charge in [-0.15, -0.1) is 0 Å². The second kappa shape index (κ2) is 14.7. The Bertz CT molecular complexity index is 935. The summed E-state index contributed by atoms with van der Waals surface area (Å²) in [6.45, 7) is 9.81. The summed E-state index contributed by atoms with van der Waals surface area (Å²) >= 11 is 3.49.